The number of rotatable bonds is 8. The van der Waals surface area contributed by atoms with Crippen molar-refractivity contribution in [3.63, 3.8) is 0 Å². The van der Waals surface area contributed by atoms with Gasteiger partial charge in [-0.2, -0.15) is 0 Å². The summed E-state index contributed by atoms with van der Waals surface area (Å²) < 4.78 is 19.4. The van der Waals surface area contributed by atoms with Gasteiger partial charge in [0.15, 0.2) is 0 Å². The highest BCUT2D eigenvalue weighted by Gasteiger charge is 2.13. The molecule has 2 aromatic heterocycles. The predicted octanol–water partition coefficient (Wildman–Crippen LogP) is 4.91. The van der Waals surface area contributed by atoms with Gasteiger partial charge in [0.2, 0.25) is 0 Å². The molecule has 0 aliphatic rings. The molecule has 2 aromatic carbocycles. The molecule has 6 nitrogen and oxygen atoms in total. The normalized spacial score (nSPS) is 11.1. The third-order valence-electron chi connectivity index (χ3n) is 4.97. The molecule has 7 heteroatoms. The van der Waals surface area contributed by atoms with E-state index in [9.17, 15) is 9.18 Å². The number of carbonyl (C=O) groups excluding carboxylic acids is 1. The number of pyridine rings is 1. The van der Waals surface area contributed by atoms with Gasteiger partial charge < -0.3 is 15.0 Å². The van der Waals surface area contributed by atoms with E-state index in [0.29, 0.717) is 29.1 Å². The van der Waals surface area contributed by atoms with E-state index in [0.717, 1.165) is 29.6 Å². The number of benzene rings is 2. The number of ether oxygens (including phenoxy) is 1. The molecule has 0 saturated heterocycles. The first-order chi connectivity index (χ1) is 15.5. The number of aryl methyl sites for hydroxylation is 1. The number of hydrogen-bond donors (Lipinski definition) is 2. The van der Waals surface area contributed by atoms with Crippen LogP contribution in [0.3, 0.4) is 0 Å². The Bertz CT molecular complexity index is 1200. The van der Waals surface area contributed by atoms with Crippen LogP contribution in [-0.4, -0.2) is 33.5 Å². The molecule has 0 saturated carbocycles. The van der Waals surface area contributed by atoms with Gasteiger partial charge in [0.05, 0.1) is 17.3 Å². The lowest BCUT2D eigenvalue weighted by molar-refractivity contribution is 0.0953. The highest BCUT2D eigenvalue weighted by molar-refractivity contribution is 5.99. The number of fused-ring (bicyclic) bond motifs is 1. The maximum atomic E-state index is 13.4. The third kappa shape index (κ3) is 5.11. The Morgan fingerprint density at radius 3 is 2.69 bits per heavy atom. The van der Waals surface area contributed by atoms with Gasteiger partial charge in [0.1, 0.15) is 17.4 Å². The van der Waals surface area contributed by atoms with Crippen molar-refractivity contribution in [3.8, 4) is 17.0 Å². The average molecular weight is 432 g/mol. The molecular weight excluding hydrogens is 407 g/mol. The molecule has 2 heterocycles. The van der Waals surface area contributed by atoms with Gasteiger partial charge in [-0.25, -0.2) is 14.4 Å². The number of aromatic nitrogens is 3. The van der Waals surface area contributed by atoms with Crippen LogP contribution >= 0.6 is 0 Å². The fourth-order valence-corrected chi connectivity index (χ4v) is 3.45. The zero-order valence-electron chi connectivity index (χ0n) is 18.1. The van der Waals surface area contributed by atoms with Gasteiger partial charge >= 0.3 is 0 Å². The van der Waals surface area contributed by atoms with Crippen LogP contribution in [0.5, 0.6) is 5.75 Å². The summed E-state index contributed by atoms with van der Waals surface area (Å²) in [5.41, 5.74) is 2.60. The Labute approximate surface area is 185 Å². The largest absolute Gasteiger partial charge is 0.490 e. The van der Waals surface area contributed by atoms with Gasteiger partial charge in [-0.15, -0.1) is 0 Å². The van der Waals surface area contributed by atoms with Gasteiger partial charge in [0, 0.05) is 47.9 Å². The molecule has 0 aliphatic heterocycles. The zero-order valence-corrected chi connectivity index (χ0v) is 18.1. The smallest absolute Gasteiger partial charge is 0.251 e. The number of nitrogens with zero attached hydrogens (tertiary/aromatic N) is 2. The second-order valence-corrected chi connectivity index (χ2v) is 7.81. The van der Waals surface area contributed by atoms with Crippen LogP contribution in [0.15, 0.2) is 60.9 Å². The molecule has 164 valence electrons. The highest BCUT2D eigenvalue weighted by Crippen LogP contribution is 2.31. The van der Waals surface area contributed by atoms with Crippen LogP contribution in [0.1, 0.15) is 36.5 Å². The van der Waals surface area contributed by atoms with Crippen molar-refractivity contribution in [1.29, 1.82) is 0 Å². The summed E-state index contributed by atoms with van der Waals surface area (Å²) in [7, 11) is 0. The minimum absolute atomic E-state index is 0.0289. The average Bonchev–Trinajstić information content (AvgIpc) is 3.30. The number of imidazole rings is 1. The lowest BCUT2D eigenvalue weighted by atomic mass is 10.1. The number of aromatic amines is 1. The van der Waals surface area contributed by atoms with Crippen LogP contribution in [0.4, 0.5) is 4.39 Å². The zero-order chi connectivity index (χ0) is 22.5. The minimum atomic E-state index is -0.306. The minimum Gasteiger partial charge on any atom is -0.490 e. The SMILES string of the molecule is CC(C)Oc1cc(-c2ccc(F)cc2)nc2cc(C(=O)NCCCc3ncc[nH]3)ccc12. The number of hydrogen-bond acceptors (Lipinski definition) is 4. The van der Waals surface area contributed by atoms with Crippen molar-refractivity contribution in [2.24, 2.45) is 0 Å². The lowest BCUT2D eigenvalue weighted by Gasteiger charge is -2.15. The van der Waals surface area contributed by atoms with E-state index >= 15 is 0 Å². The molecule has 0 fully saturated rings. The second-order valence-electron chi connectivity index (χ2n) is 7.81. The Morgan fingerprint density at radius 2 is 1.97 bits per heavy atom. The van der Waals surface area contributed by atoms with E-state index in [-0.39, 0.29) is 17.8 Å². The molecule has 1 amide bonds. The summed E-state index contributed by atoms with van der Waals surface area (Å²) in [5.74, 6) is 1.11. The van der Waals surface area contributed by atoms with Crippen LogP contribution < -0.4 is 10.1 Å². The van der Waals surface area contributed by atoms with E-state index in [2.05, 4.69) is 15.3 Å². The Morgan fingerprint density at radius 1 is 1.16 bits per heavy atom. The molecule has 0 aliphatic carbocycles. The molecule has 0 atom stereocenters. The van der Waals surface area contributed by atoms with E-state index in [1.165, 1.54) is 12.1 Å². The summed E-state index contributed by atoms with van der Waals surface area (Å²) in [6, 6.07) is 13.4. The van der Waals surface area contributed by atoms with Crippen LogP contribution in [-0.2, 0) is 6.42 Å². The van der Waals surface area contributed by atoms with Crippen LogP contribution in [0, 0.1) is 5.82 Å². The first kappa shape index (κ1) is 21.5. The van der Waals surface area contributed by atoms with E-state index < -0.39 is 0 Å². The monoisotopic (exact) mass is 432 g/mol. The standard InChI is InChI=1S/C25H25FN4O2/c1-16(2)32-23-15-21(17-5-8-19(26)9-6-17)30-22-14-18(7-10-20(22)23)25(31)29-11-3-4-24-27-12-13-28-24/h5-10,12-16H,3-4,11H2,1-2H3,(H,27,28)(H,29,31). The molecule has 4 aromatic rings. The van der Waals surface area contributed by atoms with E-state index in [4.69, 9.17) is 9.72 Å². The Balaban J connectivity index is 1.58. The Hall–Kier alpha value is -3.74. The summed E-state index contributed by atoms with van der Waals surface area (Å²) in [4.78, 5) is 24.6. The van der Waals surface area contributed by atoms with Gasteiger partial charge in [0.25, 0.3) is 5.91 Å². The van der Waals surface area contributed by atoms with Crippen molar-refractivity contribution in [2.75, 3.05) is 6.54 Å². The number of H-pyrrole nitrogens is 1. The lowest BCUT2D eigenvalue weighted by Crippen LogP contribution is -2.24. The van der Waals surface area contributed by atoms with Crippen LogP contribution in [0.25, 0.3) is 22.2 Å². The predicted molar refractivity (Wildman–Crippen MR) is 122 cm³/mol. The molecule has 0 unspecified atom stereocenters. The maximum Gasteiger partial charge on any atom is 0.251 e. The molecule has 2 N–H and O–H groups in total. The number of carbonyl (C=O) groups is 1. The summed E-state index contributed by atoms with van der Waals surface area (Å²) in [5, 5.41) is 3.76. The summed E-state index contributed by atoms with van der Waals surface area (Å²) in [6.07, 6.45) is 5.02. The Kier molecular flexibility index (Phi) is 6.44. The molecule has 0 radical (unpaired) electrons. The first-order valence-corrected chi connectivity index (χ1v) is 10.6. The topological polar surface area (TPSA) is 79.9 Å². The van der Waals surface area contributed by atoms with Crippen molar-refractivity contribution in [1.82, 2.24) is 20.3 Å². The molecule has 4 rings (SSSR count). The summed E-state index contributed by atoms with van der Waals surface area (Å²) >= 11 is 0. The molecular formula is C25H25FN4O2. The number of halogens is 1. The number of amides is 1. The molecule has 32 heavy (non-hydrogen) atoms. The van der Waals surface area contributed by atoms with Crippen molar-refractivity contribution in [3.05, 3.63) is 78.1 Å². The van der Waals surface area contributed by atoms with Gasteiger partial charge in [-0.1, -0.05) is 0 Å². The maximum absolute atomic E-state index is 13.4. The summed E-state index contributed by atoms with van der Waals surface area (Å²) in [6.45, 7) is 4.45. The quantitative estimate of drug-likeness (QED) is 0.388. The molecule has 0 bridgehead atoms. The number of nitrogens with one attached hydrogen (secondary N) is 2. The van der Waals surface area contributed by atoms with Crippen molar-refractivity contribution < 1.29 is 13.9 Å². The third-order valence-corrected chi connectivity index (χ3v) is 4.97. The van der Waals surface area contributed by atoms with Gasteiger partial charge in [-0.3, -0.25) is 4.79 Å². The fourth-order valence-electron chi connectivity index (χ4n) is 3.45. The van der Waals surface area contributed by atoms with Crippen molar-refractivity contribution >= 4 is 16.8 Å². The van der Waals surface area contributed by atoms with E-state index in [1.54, 1.807) is 36.7 Å². The van der Waals surface area contributed by atoms with Crippen LogP contribution in [0.2, 0.25) is 0 Å². The van der Waals surface area contributed by atoms with E-state index in [1.807, 2.05) is 26.0 Å². The molecule has 0 spiro atoms. The highest BCUT2D eigenvalue weighted by atomic mass is 19.1. The van der Waals surface area contributed by atoms with Gasteiger partial charge in [-0.05, 0) is 62.7 Å². The fraction of sp³-hybridized carbons (Fsp3) is 0.240. The second kappa shape index (κ2) is 9.60. The first-order valence-electron chi connectivity index (χ1n) is 10.6. The van der Waals surface area contributed by atoms with Crippen molar-refractivity contribution in [2.45, 2.75) is 32.8 Å².